The summed E-state index contributed by atoms with van der Waals surface area (Å²) in [4.78, 5) is 0. The maximum absolute atomic E-state index is 13.7. The van der Waals surface area contributed by atoms with Crippen LogP contribution in [0.3, 0.4) is 0 Å². The molecular weight excluding hydrogens is 224 g/mol. The number of halogens is 2. The minimum atomic E-state index is -2.79. The summed E-state index contributed by atoms with van der Waals surface area (Å²) in [6.45, 7) is 6.00. The maximum Gasteiger partial charge on any atom is 0.280 e. The van der Waals surface area contributed by atoms with E-state index in [-0.39, 0.29) is 24.1 Å². The van der Waals surface area contributed by atoms with Crippen molar-refractivity contribution >= 4 is 5.69 Å². The zero-order valence-corrected chi connectivity index (χ0v) is 10.3. The van der Waals surface area contributed by atoms with E-state index in [1.807, 2.05) is 20.8 Å². The van der Waals surface area contributed by atoms with E-state index in [4.69, 9.17) is 4.74 Å². The Kier molecular flexibility index (Phi) is 2.76. The van der Waals surface area contributed by atoms with Gasteiger partial charge in [-0.1, -0.05) is 6.07 Å². The molecule has 17 heavy (non-hydrogen) atoms. The Morgan fingerprint density at radius 2 is 2.00 bits per heavy atom. The van der Waals surface area contributed by atoms with Gasteiger partial charge in [-0.15, -0.1) is 0 Å². The molecule has 0 radical (unpaired) electrons. The summed E-state index contributed by atoms with van der Waals surface area (Å²) in [5, 5.41) is 3.19. The summed E-state index contributed by atoms with van der Waals surface area (Å²) < 4.78 is 32.8. The number of alkyl halides is 2. The van der Waals surface area contributed by atoms with Gasteiger partial charge in [0.05, 0.1) is 24.3 Å². The van der Waals surface area contributed by atoms with E-state index in [1.54, 1.807) is 12.1 Å². The summed E-state index contributed by atoms with van der Waals surface area (Å²) in [7, 11) is 0. The fourth-order valence-corrected chi connectivity index (χ4v) is 1.90. The van der Waals surface area contributed by atoms with Gasteiger partial charge in [0.1, 0.15) is 0 Å². The molecule has 0 saturated carbocycles. The van der Waals surface area contributed by atoms with Crippen molar-refractivity contribution in [1.82, 2.24) is 0 Å². The molecule has 0 saturated heterocycles. The molecule has 0 fully saturated rings. The third-order valence-corrected chi connectivity index (χ3v) is 2.58. The molecule has 1 aliphatic heterocycles. The fourth-order valence-electron chi connectivity index (χ4n) is 1.90. The second-order valence-electron chi connectivity index (χ2n) is 5.36. The van der Waals surface area contributed by atoms with Crippen molar-refractivity contribution in [1.29, 1.82) is 0 Å². The number of rotatable bonds is 1. The Labute approximate surface area is 100.0 Å². The summed E-state index contributed by atoms with van der Waals surface area (Å²) in [6, 6.07) is 4.84. The van der Waals surface area contributed by atoms with Crippen LogP contribution in [-0.4, -0.2) is 12.1 Å². The van der Waals surface area contributed by atoms with Crippen LogP contribution < -0.4 is 10.1 Å². The standard InChI is InChI=1S/C13H17F2NO/c1-12(2,3)16-10-6-4-5-9-11(10)17-8-7-13(9,14)15/h4-6,16H,7-8H2,1-3H3. The molecule has 1 aromatic rings. The molecule has 2 nitrogen and oxygen atoms in total. The van der Waals surface area contributed by atoms with Gasteiger partial charge in [-0.2, -0.15) is 0 Å². The molecule has 0 atom stereocenters. The lowest BCUT2D eigenvalue weighted by atomic mass is 10.00. The molecular formula is C13H17F2NO. The van der Waals surface area contributed by atoms with Crippen molar-refractivity contribution in [3.05, 3.63) is 23.8 Å². The first kappa shape index (κ1) is 12.1. The lowest BCUT2D eigenvalue weighted by Gasteiger charge is -2.30. The second kappa shape index (κ2) is 3.86. The Morgan fingerprint density at radius 1 is 1.29 bits per heavy atom. The number of para-hydroxylation sites is 1. The Morgan fingerprint density at radius 3 is 2.65 bits per heavy atom. The molecule has 0 amide bonds. The van der Waals surface area contributed by atoms with Crippen LogP contribution in [0.2, 0.25) is 0 Å². The summed E-state index contributed by atoms with van der Waals surface area (Å²) >= 11 is 0. The highest BCUT2D eigenvalue weighted by Crippen LogP contribution is 2.45. The van der Waals surface area contributed by atoms with Crippen LogP contribution in [0.4, 0.5) is 14.5 Å². The first-order valence-electron chi connectivity index (χ1n) is 5.72. The molecule has 0 bridgehead atoms. The molecule has 4 heteroatoms. The van der Waals surface area contributed by atoms with Crippen LogP contribution in [0.1, 0.15) is 32.8 Å². The zero-order chi connectivity index (χ0) is 12.7. The van der Waals surface area contributed by atoms with Crippen molar-refractivity contribution < 1.29 is 13.5 Å². The van der Waals surface area contributed by atoms with Crippen LogP contribution in [-0.2, 0) is 5.92 Å². The van der Waals surface area contributed by atoms with E-state index in [9.17, 15) is 8.78 Å². The molecule has 0 aromatic heterocycles. The van der Waals surface area contributed by atoms with Crippen LogP contribution >= 0.6 is 0 Å². The molecule has 1 aromatic carbocycles. The number of hydrogen-bond acceptors (Lipinski definition) is 2. The van der Waals surface area contributed by atoms with E-state index < -0.39 is 5.92 Å². The van der Waals surface area contributed by atoms with Crippen LogP contribution in [0, 0.1) is 0 Å². The van der Waals surface area contributed by atoms with Crippen LogP contribution in [0.25, 0.3) is 0 Å². The number of hydrogen-bond donors (Lipinski definition) is 1. The van der Waals surface area contributed by atoms with E-state index in [0.29, 0.717) is 11.4 Å². The molecule has 1 N–H and O–H groups in total. The summed E-state index contributed by atoms with van der Waals surface area (Å²) in [6.07, 6.45) is -0.251. The molecule has 2 rings (SSSR count). The third kappa shape index (κ3) is 2.51. The van der Waals surface area contributed by atoms with Gasteiger partial charge in [0, 0.05) is 5.54 Å². The van der Waals surface area contributed by atoms with Gasteiger partial charge in [-0.3, -0.25) is 0 Å². The Balaban J connectivity index is 2.43. The maximum atomic E-state index is 13.7. The number of nitrogens with one attached hydrogen (secondary N) is 1. The Bertz CT molecular complexity index is 424. The van der Waals surface area contributed by atoms with Gasteiger partial charge < -0.3 is 10.1 Å². The number of anilines is 1. The SMILES string of the molecule is CC(C)(C)Nc1cccc2c1OCCC2(F)F. The van der Waals surface area contributed by atoms with Gasteiger partial charge in [0.15, 0.2) is 5.75 Å². The minimum Gasteiger partial charge on any atom is -0.491 e. The van der Waals surface area contributed by atoms with Gasteiger partial charge in [0.2, 0.25) is 0 Å². The highest BCUT2D eigenvalue weighted by molar-refractivity contribution is 5.62. The molecule has 1 aliphatic rings. The van der Waals surface area contributed by atoms with Crippen molar-refractivity contribution in [2.24, 2.45) is 0 Å². The Hall–Kier alpha value is -1.32. The lowest BCUT2D eigenvalue weighted by molar-refractivity contribution is -0.0402. The average Bonchev–Trinajstić information content (AvgIpc) is 2.16. The lowest BCUT2D eigenvalue weighted by Crippen LogP contribution is -2.29. The van der Waals surface area contributed by atoms with Crippen LogP contribution in [0.15, 0.2) is 18.2 Å². The second-order valence-corrected chi connectivity index (χ2v) is 5.36. The van der Waals surface area contributed by atoms with Crippen molar-refractivity contribution in [3.63, 3.8) is 0 Å². The average molecular weight is 241 g/mol. The van der Waals surface area contributed by atoms with E-state index in [1.165, 1.54) is 6.07 Å². The highest BCUT2D eigenvalue weighted by atomic mass is 19.3. The van der Waals surface area contributed by atoms with E-state index in [0.717, 1.165) is 0 Å². The molecule has 0 unspecified atom stereocenters. The topological polar surface area (TPSA) is 21.3 Å². The minimum absolute atomic E-state index is 0.0157. The largest absolute Gasteiger partial charge is 0.491 e. The van der Waals surface area contributed by atoms with Gasteiger partial charge in [0.25, 0.3) is 5.92 Å². The summed E-state index contributed by atoms with van der Waals surface area (Å²) in [5.41, 5.74) is 0.429. The summed E-state index contributed by atoms with van der Waals surface area (Å²) in [5.74, 6) is -2.50. The number of ether oxygens (including phenoxy) is 1. The first-order valence-corrected chi connectivity index (χ1v) is 5.72. The predicted molar refractivity (Wildman–Crippen MR) is 63.8 cm³/mol. The van der Waals surface area contributed by atoms with Crippen molar-refractivity contribution in [3.8, 4) is 5.75 Å². The van der Waals surface area contributed by atoms with Gasteiger partial charge in [-0.05, 0) is 32.9 Å². The third-order valence-electron chi connectivity index (χ3n) is 2.58. The van der Waals surface area contributed by atoms with Gasteiger partial charge in [-0.25, -0.2) is 8.78 Å². The zero-order valence-electron chi connectivity index (χ0n) is 10.3. The smallest absolute Gasteiger partial charge is 0.280 e. The molecule has 0 spiro atoms. The monoisotopic (exact) mass is 241 g/mol. The van der Waals surface area contributed by atoms with Crippen LogP contribution in [0.5, 0.6) is 5.75 Å². The van der Waals surface area contributed by atoms with Crippen molar-refractivity contribution in [2.75, 3.05) is 11.9 Å². The molecule has 0 aliphatic carbocycles. The van der Waals surface area contributed by atoms with E-state index in [2.05, 4.69) is 5.32 Å². The number of fused-ring (bicyclic) bond motifs is 1. The highest BCUT2D eigenvalue weighted by Gasteiger charge is 2.39. The first-order chi connectivity index (χ1) is 7.80. The predicted octanol–water partition coefficient (Wildman–Crippen LogP) is 3.77. The quantitative estimate of drug-likeness (QED) is 0.808. The van der Waals surface area contributed by atoms with Crippen molar-refractivity contribution in [2.45, 2.75) is 38.7 Å². The number of benzene rings is 1. The normalized spacial score (nSPS) is 18.2. The van der Waals surface area contributed by atoms with E-state index >= 15 is 0 Å². The molecule has 94 valence electrons. The van der Waals surface area contributed by atoms with Gasteiger partial charge >= 0.3 is 0 Å². The fraction of sp³-hybridized carbons (Fsp3) is 0.538. The molecule has 1 heterocycles.